The number of hydrogen-bond donors (Lipinski definition) is 0. The van der Waals surface area contributed by atoms with Gasteiger partial charge in [0.05, 0.1) is 13.2 Å². The van der Waals surface area contributed by atoms with Crippen LogP contribution in [0.25, 0.3) is 0 Å². The molecule has 0 unspecified atom stereocenters. The second-order valence-corrected chi connectivity index (χ2v) is 10.0. The summed E-state index contributed by atoms with van der Waals surface area (Å²) < 4.78 is 15.8. The molecule has 5 heteroatoms. The monoisotopic (exact) mass is 290 g/mol. The van der Waals surface area contributed by atoms with Crippen LogP contribution in [0, 0.1) is 17.6 Å². The van der Waals surface area contributed by atoms with Crippen LogP contribution < -0.4 is 18.9 Å². The predicted octanol–water partition coefficient (Wildman–Crippen LogP) is 0.397. The van der Waals surface area contributed by atoms with Crippen molar-refractivity contribution in [1.29, 1.82) is 0 Å². The van der Waals surface area contributed by atoms with Gasteiger partial charge in [-0.15, -0.1) is 6.58 Å². The molecule has 0 radical (unpaired) electrons. The minimum absolute atomic E-state index is 0. The van der Waals surface area contributed by atoms with E-state index in [1.165, 1.54) is 0 Å². The summed E-state index contributed by atoms with van der Waals surface area (Å²) in [4.78, 5) is 0. The van der Waals surface area contributed by atoms with E-state index < -0.39 is 8.07 Å². The average molecular weight is 290 g/mol. The van der Waals surface area contributed by atoms with Gasteiger partial charge >= 0.3 is 18.9 Å². The molecule has 0 aliphatic heterocycles. The zero-order valence-corrected chi connectivity index (χ0v) is 14.8. The SMILES string of the molecule is C=CCCC[C-](C#C[Si](C)(C)C)OCOCCOC.[Li+]. The Morgan fingerprint density at radius 2 is 1.95 bits per heavy atom. The topological polar surface area (TPSA) is 27.7 Å². The molecule has 0 aliphatic rings. The Kier molecular flexibility index (Phi) is 15.3. The molecule has 0 heterocycles. The molecule has 0 aliphatic carbocycles. The maximum atomic E-state index is 5.58. The molecule has 20 heavy (non-hydrogen) atoms. The Bertz CT molecular complexity index is 292. The van der Waals surface area contributed by atoms with E-state index in [1.807, 2.05) is 6.08 Å². The van der Waals surface area contributed by atoms with Crippen LogP contribution in [0.1, 0.15) is 19.3 Å². The van der Waals surface area contributed by atoms with Crippen molar-refractivity contribution in [3.05, 3.63) is 18.8 Å². The van der Waals surface area contributed by atoms with Crippen molar-refractivity contribution in [3.8, 4) is 11.5 Å². The van der Waals surface area contributed by atoms with Gasteiger partial charge in [-0.2, -0.15) is 0 Å². The zero-order chi connectivity index (χ0) is 14.6. The Morgan fingerprint density at radius 3 is 2.50 bits per heavy atom. The van der Waals surface area contributed by atoms with Crippen LogP contribution in [0.4, 0.5) is 0 Å². The summed E-state index contributed by atoms with van der Waals surface area (Å²) in [6.07, 6.45) is 5.57. The molecule has 0 aromatic rings. The van der Waals surface area contributed by atoms with Crippen LogP contribution in [-0.2, 0) is 14.2 Å². The van der Waals surface area contributed by atoms with Gasteiger partial charge in [0.15, 0.2) is 0 Å². The van der Waals surface area contributed by atoms with E-state index in [4.69, 9.17) is 14.2 Å². The summed E-state index contributed by atoms with van der Waals surface area (Å²) in [7, 11) is 0.279. The molecule has 0 rings (SSSR count). The number of hydrogen-bond acceptors (Lipinski definition) is 3. The van der Waals surface area contributed by atoms with Crippen LogP contribution >= 0.6 is 0 Å². The number of allylic oxidation sites excluding steroid dienone is 1. The molecule has 0 spiro atoms. The maximum absolute atomic E-state index is 5.58. The van der Waals surface area contributed by atoms with Crippen LogP contribution in [0.3, 0.4) is 0 Å². The van der Waals surface area contributed by atoms with E-state index in [9.17, 15) is 0 Å². The van der Waals surface area contributed by atoms with Crippen molar-refractivity contribution in [1.82, 2.24) is 0 Å². The summed E-state index contributed by atoms with van der Waals surface area (Å²) in [6, 6.07) is 0. The van der Waals surface area contributed by atoms with Gasteiger partial charge in [0, 0.05) is 15.2 Å². The first-order valence-electron chi connectivity index (χ1n) is 6.69. The molecule has 0 N–H and O–H groups in total. The van der Waals surface area contributed by atoms with Crippen LogP contribution in [-0.4, -0.2) is 35.2 Å². The third kappa shape index (κ3) is 15.9. The van der Waals surface area contributed by atoms with E-state index in [-0.39, 0.29) is 25.7 Å². The fourth-order valence-electron chi connectivity index (χ4n) is 1.15. The van der Waals surface area contributed by atoms with Gasteiger partial charge in [-0.25, -0.2) is 0 Å². The van der Waals surface area contributed by atoms with E-state index >= 15 is 0 Å². The number of ether oxygens (including phenoxy) is 3. The van der Waals surface area contributed by atoms with E-state index in [0.717, 1.165) is 25.4 Å². The summed E-state index contributed by atoms with van der Waals surface area (Å²) in [5.41, 5.74) is 3.32. The maximum Gasteiger partial charge on any atom is 1.00 e. The van der Waals surface area contributed by atoms with Gasteiger partial charge < -0.3 is 19.8 Å². The minimum Gasteiger partial charge on any atom is -0.409 e. The van der Waals surface area contributed by atoms with E-state index in [1.54, 1.807) is 7.11 Å². The van der Waals surface area contributed by atoms with Crippen molar-refractivity contribution < 1.29 is 33.1 Å². The Balaban J connectivity index is 0. The van der Waals surface area contributed by atoms with Crippen LogP contribution in [0.5, 0.6) is 0 Å². The molecule has 3 nitrogen and oxygen atoms in total. The molecule has 0 saturated heterocycles. The predicted molar refractivity (Wildman–Crippen MR) is 82.2 cm³/mol. The first-order chi connectivity index (χ1) is 8.99. The second-order valence-electron chi connectivity index (χ2n) is 5.27. The second kappa shape index (κ2) is 13.8. The number of methoxy groups -OCH3 is 1. The van der Waals surface area contributed by atoms with Gasteiger partial charge in [0.1, 0.15) is 6.79 Å². The van der Waals surface area contributed by atoms with Gasteiger partial charge in [-0.3, -0.25) is 5.92 Å². The van der Waals surface area contributed by atoms with Crippen molar-refractivity contribution in [3.63, 3.8) is 0 Å². The standard InChI is InChI=1S/C15H27O3Si.Li/c1-6-7-8-9-15(10-13-19(3,4)5)18-14-17-12-11-16-2;/h6H,1,7-9,11-12,14H2,2-5H3;/q-1;+1. The summed E-state index contributed by atoms with van der Waals surface area (Å²) in [5.74, 6) is 3.17. The first-order valence-corrected chi connectivity index (χ1v) is 10.2. The molecule has 0 atom stereocenters. The van der Waals surface area contributed by atoms with Crippen molar-refractivity contribution in [2.45, 2.75) is 38.9 Å². The molecule has 110 valence electrons. The zero-order valence-electron chi connectivity index (χ0n) is 13.8. The Hall–Kier alpha value is -0.136. The fraction of sp³-hybridized carbons (Fsp3) is 0.667. The molecule has 0 aromatic heterocycles. The summed E-state index contributed by atoms with van der Waals surface area (Å²) in [5, 5.41) is 0. The minimum atomic E-state index is -1.37. The molecule has 0 saturated carbocycles. The van der Waals surface area contributed by atoms with Crippen LogP contribution in [0.15, 0.2) is 12.7 Å². The smallest absolute Gasteiger partial charge is 0.409 e. The molecule has 0 aromatic carbocycles. The van der Waals surface area contributed by atoms with Crippen molar-refractivity contribution in [2.75, 3.05) is 27.1 Å². The van der Waals surface area contributed by atoms with E-state index in [2.05, 4.69) is 37.7 Å². The first kappa shape index (κ1) is 22.2. The molecular weight excluding hydrogens is 263 g/mol. The molecular formula is C15H27LiO3Si. The van der Waals surface area contributed by atoms with Crippen molar-refractivity contribution >= 4 is 8.07 Å². The van der Waals surface area contributed by atoms with Gasteiger partial charge in [-0.1, -0.05) is 44.7 Å². The van der Waals surface area contributed by atoms with Crippen LogP contribution in [0.2, 0.25) is 19.6 Å². The summed E-state index contributed by atoms with van der Waals surface area (Å²) >= 11 is 0. The fourth-order valence-corrected chi connectivity index (χ4v) is 1.66. The quantitative estimate of drug-likeness (QED) is 0.146. The average Bonchev–Trinajstić information content (AvgIpc) is 2.34. The van der Waals surface area contributed by atoms with Gasteiger partial charge in [-0.05, 0) is 6.42 Å². The molecule has 0 fully saturated rings. The molecule has 0 bridgehead atoms. The third-order valence-electron chi connectivity index (χ3n) is 2.14. The number of unbranched alkanes of at least 4 members (excludes halogenated alkanes) is 1. The largest absolute Gasteiger partial charge is 1.00 e. The molecule has 0 amide bonds. The van der Waals surface area contributed by atoms with Crippen molar-refractivity contribution in [2.24, 2.45) is 0 Å². The third-order valence-corrected chi connectivity index (χ3v) is 3.01. The number of rotatable bonds is 10. The Morgan fingerprint density at radius 1 is 1.25 bits per heavy atom. The van der Waals surface area contributed by atoms with Gasteiger partial charge in [0.2, 0.25) is 0 Å². The Labute approximate surface area is 137 Å². The van der Waals surface area contributed by atoms with E-state index in [0.29, 0.717) is 13.2 Å². The van der Waals surface area contributed by atoms with Gasteiger partial charge in [0.25, 0.3) is 0 Å². The normalized spacial score (nSPS) is 10.2. The summed E-state index contributed by atoms with van der Waals surface area (Å²) in [6.45, 7) is 11.7.